The highest BCUT2D eigenvalue weighted by atomic mass is 32.2. The first-order valence-corrected chi connectivity index (χ1v) is 14.5. The van der Waals surface area contributed by atoms with Gasteiger partial charge in [-0.05, 0) is 74.9 Å². The number of sulfonamides is 1. The fourth-order valence-electron chi connectivity index (χ4n) is 4.18. The van der Waals surface area contributed by atoms with E-state index >= 15 is 0 Å². The number of benzene rings is 3. The third-order valence-corrected chi connectivity index (χ3v) is 8.14. The van der Waals surface area contributed by atoms with Gasteiger partial charge in [-0.25, -0.2) is 8.42 Å². The first-order chi connectivity index (χ1) is 19.5. The van der Waals surface area contributed by atoms with Crippen LogP contribution in [0.25, 0.3) is 0 Å². The molecular formula is C30H37N3O7S. The number of anilines is 1. The van der Waals surface area contributed by atoms with E-state index in [-0.39, 0.29) is 34.8 Å². The van der Waals surface area contributed by atoms with Crippen LogP contribution in [0.1, 0.15) is 26.3 Å². The lowest BCUT2D eigenvalue weighted by atomic mass is 10.1. The minimum atomic E-state index is -4.26. The molecule has 3 aromatic carbocycles. The van der Waals surface area contributed by atoms with Crippen LogP contribution in [0.4, 0.5) is 5.69 Å². The van der Waals surface area contributed by atoms with Gasteiger partial charge in [0.1, 0.15) is 29.8 Å². The van der Waals surface area contributed by atoms with Crippen LogP contribution >= 0.6 is 0 Å². The standard InChI is InChI=1S/C30H37N3O7S/c1-21(2)31-30(35)22(3)32(19-23-10-9-11-25(18-23)39-5)29(34)20-33(27-12-7-8-13-28(27)40-6)41(36,37)26-16-14-24(38-4)15-17-26/h7-18,21-22H,19-20H2,1-6H3,(H,31,35)/t22-/m1/s1. The third-order valence-electron chi connectivity index (χ3n) is 6.37. The summed E-state index contributed by atoms with van der Waals surface area (Å²) in [6, 6.07) is 18.5. The number of carbonyl (C=O) groups excluding carboxylic acids is 2. The molecule has 0 saturated heterocycles. The first kappa shape index (κ1) is 31.3. The molecule has 0 aromatic heterocycles. The molecule has 0 radical (unpaired) electrons. The molecule has 0 fully saturated rings. The second-order valence-corrected chi connectivity index (χ2v) is 11.4. The molecule has 1 atom stereocenters. The van der Waals surface area contributed by atoms with Crippen LogP contribution < -0.4 is 23.8 Å². The van der Waals surface area contributed by atoms with Crippen molar-refractivity contribution < 1.29 is 32.2 Å². The maximum absolute atomic E-state index is 14.0. The molecule has 1 N–H and O–H groups in total. The Labute approximate surface area is 241 Å². The quantitative estimate of drug-likeness (QED) is 0.325. The van der Waals surface area contributed by atoms with Gasteiger partial charge >= 0.3 is 0 Å². The van der Waals surface area contributed by atoms with Crippen molar-refractivity contribution in [3.8, 4) is 17.2 Å². The van der Waals surface area contributed by atoms with Gasteiger partial charge in [0.05, 0.1) is 31.9 Å². The summed E-state index contributed by atoms with van der Waals surface area (Å²) in [6.07, 6.45) is 0. The number of carbonyl (C=O) groups is 2. The van der Waals surface area contributed by atoms with Crippen LogP contribution in [0.2, 0.25) is 0 Å². The van der Waals surface area contributed by atoms with Crippen LogP contribution in [-0.4, -0.2) is 65.1 Å². The molecule has 3 aromatic rings. The lowest BCUT2D eigenvalue weighted by Crippen LogP contribution is -2.52. The highest BCUT2D eigenvalue weighted by molar-refractivity contribution is 7.92. The maximum atomic E-state index is 14.0. The normalized spacial score (nSPS) is 11.9. The van der Waals surface area contributed by atoms with Crippen molar-refractivity contribution in [2.75, 3.05) is 32.2 Å². The SMILES string of the molecule is COc1ccc(S(=O)(=O)N(CC(=O)N(Cc2cccc(OC)c2)[C@H](C)C(=O)NC(C)C)c2ccccc2OC)cc1. The van der Waals surface area contributed by atoms with Gasteiger partial charge in [0, 0.05) is 12.6 Å². The summed E-state index contributed by atoms with van der Waals surface area (Å²) in [5.41, 5.74) is 0.892. The number of nitrogens with one attached hydrogen (secondary N) is 1. The van der Waals surface area contributed by atoms with Crippen molar-refractivity contribution in [1.29, 1.82) is 0 Å². The van der Waals surface area contributed by atoms with Gasteiger partial charge in [-0.2, -0.15) is 0 Å². The molecule has 0 saturated carbocycles. The molecule has 0 heterocycles. The molecule has 0 unspecified atom stereocenters. The van der Waals surface area contributed by atoms with Gasteiger partial charge in [0.15, 0.2) is 0 Å². The predicted octanol–water partition coefficient (Wildman–Crippen LogP) is 3.85. The van der Waals surface area contributed by atoms with Gasteiger partial charge in [-0.15, -0.1) is 0 Å². The smallest absolute Gasteiger partial charge is 0.264 e. The summed E-state index contributed by atoms with van der Waals surface area (Å²) in [6.45, 7) is 4.72. The Bertz CT molecular complexity index is 1440. The van der Waals surface area contributed by atoms with E-state index in [1.54, 1.807) is 49.4 Å². The molecule has 2 amide bonds. The van der Waals surface area contributed by atoms with Gasteiger partial charge in [-0.3, -0.25) is 13.9 Å². The monoisotopic (exact) mass is 583 g/mol. The second kappa shape index (κ2) is 13.9. The molecular weight excluding hydrogens is 546 g/mol. The molecule has 0 aliphatic heterocycles. The Morgan fingerprint density at radius 3 is 2.10 bits per heavy atom. The van der Waals surface area contributed by atoms with E-state index in [1.807, 2.05) is 19.9 Å². The van der Waals surface area contributed by atoms with E-state index in [9.17, 15) is 18.0 Å². The average molecular weight is 584 g/mol. The van der Waals surface area contributed by atoms with Crippen molar-refractivity contribution in [2.45, 2.75) is 44.3 Å². The third kappa shape index (κ3) is 7.69. The number of para-hydroxylation sites is 2. The van der Waals surface area contributed by atoms with Gasteiger partial charge in [0.25, 0.3) is 10.0 Å². The van der Waals surface area contributed by atoms with Crippen LogP contribution in [0.3, 0.4) is 0 Å². The molecule has 0 aliphatic rings. The largest absolute Gasteiger partial charge is 0.497 e. The molecule has 10 nitrogen and oxygen atoms in total. The van der Waals surface area contributed by atoms with Gasteiger partial charge in [0.2, 0.25) is 11.8 Å². The summed E-state index contributed by atoms with van der Waals surface area (Å²) in [5.74, 6) is 0.396. The first-order valence-electron chi connectivity index (χ1n) is 13.0. The Hall–Kier alpha value is -4.25. The van der Waals surface area contributed by atoms with E-state index in [2.05, 4.69) is 5.32 Å². The highest BCUT2D eigenvalue weighted by Gasteiger charge is 2.34. The number of ether oxygens (including phenoxy) is 3. The van der Waals surface area contributed by atoms with Crippen LogP contribution in [0.15, 0.2) is 77.7 Å². The molecule has 220 valence electrons. The number of amides is 2. The van der Waals surface area contributed by atoms with Crippen molar-refractivity contribution in [3.63, 3.8) is 0 Å². The van der Waals surface area contributed by atoms with E-state index in [0.29, 0.717) is 17.1 Å². The van der Waals surface area contributed by atoms with Crippen molar-refractivity contribution in [2.24, 2.45) is 0 Å². The fraction of sp³-hybridized carbons (Fsp3) is 0.333. The number of nitrogens with zero attached hydrogens (tertiary/aromatic N) is 2. The molecule has 11 heteroatoms. The van der Waals surface area contributed by atoms with Gasteiger partial charge < -0.3 is 24.4 Å². The number of hydrogen-bond acceptors (Lipinski definition) is 7. The lowest BCUT2D eigenvalue weighted by molar-refractivity contribution is -0.139. The Balaban J connectivity index is 2.08. The topological polar surface area (TPSA) is 114 Å². The average Bonchev–Trinajstić information content (AvgIpc) is 2.97. The Morgan fingerprint density at radius 1 is 0.829 bits per heavy atom. The number of methoxy groups -OCH3 is 3. The minimum absolute atomic E-state index is 0.0399. The Morgan fingerprint density at radius 2 is 1.49 bits per heavy atom. The fourth-order valence-corrected chi connectivity index (χ4v) is 5.60. The zero-order valence-electron chi connectivity index (χ0n) is 24.2. The molecule has 3 rings (SSSR count). The summed E-state index contributed by atoms with van der Waals surface area (Å²) in [7, 11) is 0.184. The summed E-state index contributed by atoms with van der Waals surface area (Å²) < 4.78 is 45.0. The second-order valence-electron chi connectivity index (χ2n) is 9.57. The number of rotatable bonds is 13. The summed E-state index contributed by atoms with van der Waals surface area (Å²) >= 11 is 0. The molecule has 41 heavy (non-hydrogen) atoms. The molecule has 0 bridgehead atoms. The van der Waals surface area contributed by atoms with E-state index in [4.69, 9.17) is 14.2 Å². The van der Waals surface area contributed by atoms with Crippen molar-refractivity contribution in [1.82, 2.24) is 10.2 Å². The minimum Gasteiger partial charge on any atom is -0.497 e. The lowest BCUT2D eigenvalue weighted by Gasteiger charge is -2.32. The van der Waals surface area contributed by atoms with E-state index < -0.39 is 28.5 Å². The van der Waals surface area contributed by atoms with Crippen LogP contribution in [0.5, 0.6) is 17.2 Å². The Kier molecular flexibility index (Phi) is 10.6. The number of hydrogen-bond donors (Lipinski definition) is 1. The van der Waals surface area contributed by atoms with Crippen LogP contribution in [0, 0.1) is 0 Å². The predicted molar refractivity (Wildman–Crippen MR) is 157 cm³/mol. The molecule has 0 spiro atoms. The van der Waals surface area contributed by atoms with Crippen molar-refractivity contribution in [3.05, 3.63) is 78.4 Å². The van der Waals surface area contributed by atoms with Crippen molar-refractivity contribution >= 4 is 27.5 Å². The summed E-state index contributed by atoms with van der Waals surface area (Å²) in [4.78, 5) is 28.4. The zero-order valence-corrected chi connectivity index (χ0v) is 25.0. The maximum Gasteiger partial charge on any atom is 0.264 e. The van der Waals surface area contributed by atoms with Crippen LogP contribution in [-0.2, 0) is 26.2 Å². The zero-order chi connectivity index (χ0) is 30.2. The van der Waals surface area contributed by atoms with E-state index in [0.717, 1.165) is 4.31 Å². The highest BCUT2D eigenvalue weighted by Crippen LogP contribution is 2.33. The van der Waals surface area contributed by atoms with Gasteiger partial charge in [-0.1, -0.05) is 24.3 Å². The van der Waals surface area contributed by atoms with E-state index in [1.165, 1.54) is 50.5 Å². The molecule has 0 aliphatic carbocycles. The summed E-state index contributed by atoms with van der Waals surface area (Å²) in [5, 5.41) is 2.84.